The van der Waals surface area contributed by atoms with E-state index >= 15 is 0 Å². The second-order valence-electron chi connectivity index (χ2n) is 5.76. The first-order chi connectivity index (χ1) is 13.2. The van der Waals surface area contributed by atoms with Crippen LogP contribution in [0.5, 0.6) is 23.1 Å². The Hall–Kier alpha value is -3.74. The fourth-order valence-electron chi connectivity index (χ4n) is 2.69. The summed E-state index contributed by atoms with van der Waals surface area (Å²) in [6.45, 7) is 0. The summed E-state index contributed by atoms with van der Waals surface area (Å²) in [5.74, 6) is 3.95. The predicted molar refractivity (Wildman–Crippen MR) is 103 cm³/mol. The molecule has 0 saturated carbocycles. The van der Waals surface area contributed by atoms with Crippen LogP contribution in [0.3, 0.4) is 0 Å². The van der Waals surface area contributed by atoms with Gasteiger partial charge in [-0.1, -0.05) is 0 Å². The quantitative estimate of drug-likeness (QED) is 0.525. The summed E-state index contributed by atoms with van der Waals surface area (Å²) in [4.78, 5) is 4.61. The molecule has 0 aliphatic rings. The summed E-state index contributed by atoms with van der Waals surface area (Å²) >= 11 is 0. The molecule has 4 aromatic rings. The van der Waals surface area contributed by atoms with E-state index in [1.807, 2.05) is 54.6 Å². The number of aromatic nitrogens is 3. The van der Waals surface area contributed by atoms with Gasteiger partial charge in [0.2, 0.25) is 5.88 Å². The van der Waals surface area contributed by atoms with Gasteiger partial charge in [-0.15, -0.1) is 0 Å². The Balaban J connectivity index is 1.75. The Morgan fingerprint density at radius 2 is 1.56 bits per heavy atom. The van der Waals surface area contributed by atoms with Gasteiger partial charge in [0.25, 0.3) is 0 Å². The van der Waals surface area contributed by atoms with Gasteiger partial charge in [-0.05, 0) is 53.9 Å². The number of fused-ring (bicyclic) bond motifs is 1. The van der Waals surface area contributed by atoms with E-state index in [2.05, 4.69) is 20.5 Å². The van der Waals surface area contributed by atoms with Crippen LogP contribution in [0.4, 0.5) is 11.6 Å². The summed E-state index contributed by atoms with van der Waals surface area (Å²) in [5.41, 5.74) is 0. The Morgan fingerprint density at radius 3 is 2.26 bits per heavy atom. The van der Waals surface area contributed by atoms with Crippen LogP contribution in [-0.4, -0.2) is 29.4 Å². The van der Waals surface area contributed by atoms with Gasteiger partial charge < -0.3 is 19.5 Å². The molecule has 0 radical (unpaired) electrons. The lowest BCUT2D eigenvalue weighted by Gasteiger charge is -2.12. The summed E-state index contributed by atoms with van der Waals surface area (Å²) in [7, 11) is 3.27. The average Bonchev–Trinajstić information content (AvgIpc) is 3.21. The molecule has 2 aromatic heterocycles. The predicted octanol–water partition coefficient (Wildman–Crippen LogP) is 4.51. The van der Waals surface area contributed by atoms with E-state index in [1.165, 1.54) is 0 Å². The number of pyridine rings is 1. The molecule has 4 rings (SSSR count). The smallest absolute Gasteiger partial charge is 0.229 e. The van der Waals surface area contributed by atoms with Crippen LogP contribution in [0.25, 0.3) is 10.8 Å². The summed E-state index contributed by atoms with van der Waals surface area (Å²) in [6.07, 6.45) is 1.74. The minimum absolute atomic E-state index is 0.485. The number of rotatable bonds is 6. The van der Waals surface area contributed by atoms with Crippen LogP contribution in [0, 0.1) is 0 Å². The standard InChI is InChI=1S/C20H18N4O3/c1-25-14-3-5-15(6-4-14)27-20-17-8-7-16(26-2)11-13(17)12-19(23-20)22-18-9-10-21-24-18/h3-12H,1-2H3,(H2,21,22,23,24). The van der Waals surface area contributed by atoms with Gasteiger partial charge in [0, 0.05) is 17.6 Å². The molecule has 0 bridgehead atoms. The Labute approximate surface area is 155 Å². The SMILES string of the molecule is COc1ccc(Oc2nc(Nc3cc[nH]n3)cc3cc(OC)ccc23)cc1. The van der Waals surface area contributed by atoms with E-state index in [0.717, 1.165) is 22.3 Å². The molecule has 0 aliphatic carbocycles. The van der Waals surface area contributed by atoms with Crippen LogP contribution >= 0.6 is 0 Å². The van der Waals surface area contributed by atoms with Crippen LogP contribution < -0.4 is 19.5 Å². The summed E-state index contributed by atoms with van der Waals surface area (Å²) < 4.78 is 16.6. The summed E-state index contributed by atoms with van der Waals surface area (Å²) in [6, 6.07) is 16.8. The molecule has 2 heterocycles. The van der Waals surface area contributed by atoms with Crippen LogP contribution in [0.2, 0.25) is 0 Å². The van der Waals surface area contributed by atoms with Crippen molar-refractivity contribution >= 4 is 22.4 Å². The van der Waals surface area contributed by atoms with Gasteiger partial charge >= 0.3 is 0 Å². The molecular formula is C20H18N4O3. The molecular weight excluding hydrogens is 344 g/mol. The molecule has 2 N–H and O–H groups in total. The third kappa shape index (κ3) is 3.62. The van der Waals surface area contributed by atoms with Gasteiger partial charge in [0.05, 0.1) is 14.2 Å². The van der Waals surface area contributed by atoms with Crippen molar-refractivity contribution in [2.24, 2.45) is 0 Å². The van der Waals surface area contributed by atoms with Crippen molar-refractivity contribution < 1.29 is 14.2 Å². The van der Waals surface area contributed by atoms with Gasteiger partial charge in [0.15, 0.2) is 5.82 Å². The fourth-order valence-corrected chi connectivity index (χ4v) is 2.69. The van der Waals surface area contributed by atoms with E-state index in [1.54, 1.807) is 20.4 Å². The first-order valence-electron chi connectivity index (χ1n) is 8.32. The zero-order chi connectivity index (χ0) is 18.6. The third-order valence-electron chi connectivity index (χ3n) is 4.03. The second-order valence-corrected chi connectivity index (χ2v) is 5.76. The van der Waals surface area contributed by atoms with Crippen molar-refractivity contribution in [1.82, 2.24) is 15.2 Å². The molecule has 0 amide bonds. The maximum atomic E-state index is 6.05. The fraction of sp³-hybridized carbons (Fsp3) is 0.100. The van der Waals surface area contributed by atoms with Gasteiger partial charge in [0.1, 0.15) is 23.1 Å². The molecule has 7 nitrogen and oxygen atoms in total. The molecule has 0 atom stereocenters. The van der Waals surface area contributed by atoms with Crippen LogP contribution in [0.15, 0.2) is 60.8 Å². The highest BCUT2D eigenvalue weighted by molar-refractivity contribution is 5.90. The summed E-state index contributed by atoms with van der Waals surface area (Å²) in [5, 5.41) is 11.8. The normalized spacial score (nSPS) is 10.6. The first kappa shape index (κ1) is 16.7. The number of hydrogen-bond donors (Lipinski definition) is 2. The molecule has 2 aromatic carbocycles. The lowest BCUT2D eigenvalue weighted by atomic mass is 10.1. The van der Waals surface area contributed by atoms with Crippen molar-refractivity contribution in [2.75, 3.05) is 19.5 Å². The van der Waals surface area contributed by atoms with E-state index in [0.29, 0.717) is 23.3 Å². The topological polar surface area (TPSA) is 81.3 Å². The van der Waals surface area contributed by atoms with Crippen LogP contribution in [-0.2, 0) is 0 Å². The molecule has 0 fully saturated rings. The van der Waals surface area contributed by atoms with Gasteiger partial charge in [-0.3, -0.25) is 5.10 Å². The Bertz CT molecular complexity index is 1050. The zero-order valence-corrected chi connectivity index (χ0v) is 14.9. The minimum Gasteiger partial charge on any atom is -0.497 e. The van der Waals surface area contributed by atoms with Crippen molar-refractivity contribution in [3.63, 3.8) is 0 Å². The van der Waals surface area contributed by atoms with E-state index < -0.39 is 0 Å². The molecule has 0 unspecified atom stereocenters. The zero-order valence-electron chi connectivity index (χ0n) is 14.9. The maximum absolute atomic E-state index is 6.05. The number of aromatic amines is 1. The molecule has 0 saturated heterocycles. The lowest BCUT2D eigenvalue weighted by Crippen LogP contribution is -1.97. The molecule has 136 valence electrons. The molecule has 7 heteroatoms. The van der Waals surface area contributed by atoms with Crippen molar-refractivity contribution in [1.29, 1.82) is 0 Å². The van der Waals surface area contributed by atoms with E-state index in [-0.39, 0.29) is 0 Å². The average molecular weight is 362 g/mol. The highest BCUT2D eigenvalue weighted by atomic mass is 16.5. The van der Waals surface area contributed by atoms with Crippen LogP contribution in [0.1, 0.15) is 0 Å². The van der Waals surface area contributed by atoms with Gasteiger partial charge in [-0.2, -0.15) is 10.1 Å². The largest absolute Gasteiger partial charge is 0.497 e. The number of H-pyrrole nitrogens is 1. The van der Waals surface area contributed by atoms with Crippen molar-refractivity contribution in [3.8, 4) is 23.1 Å². The van der Waals surface area contributed by atoms with Crippen molar-refractivity contribution in [3.05, 3.63) is 60.8 Å². The Kier molecular flexibility index (Phi) is 4.49. The van der Waals surface area contributed by atoms with Gasteiger partial charge in [-0.25, -0.2) is 0 Å². The first-order valence-corrected chi connectivity index (χ1v) is 8.32. The number of ether oxygens (including phenoxy) is 3. The molecule has 0 aliphatic heterocycles. The molecule has 27 heavy (non-hydrogen) atoms. The molecule has 0 spiro atoms. The number of methoxy groups -OCH3 is 2. The van der Waals surface area contributed by atoms with E-state index in [9.17, 15) is 0 Å². The van der Waals surface area contributed by atoms with Crippen molar-refractivity contribution in [2.45, 2.75) is 0 Å². The Morgan fingerprint density at radius 1 is 0.815 bits per heavy atom. The minimum atomic E-state index is 0.485. The monoisotopic (exact) mass is 362 g/mol. The van der Waals surface area contributed by atoms with E-state index in [4.69, 9.17) is 14.2 Å². The number of hydrogen-bond acceptors (Lipinski definition) is 6. The highest BCUT2D eigenvalue weighted by Crippen LogP contribution is 2.33. The second kappa shape index (κ2) is 7.25. The highest BCUT2D eigenvalue weighted by Gasteiger charge is 2.11. The number of nitrogens with one attached hydrogen (secondary N) is 2. The number of anilines is 2. The third-order valence-corrected chi connectivity index (χ3v) is 4.03. The lowest BCUT2D eigenvalue weighted by molar-refractivity contribution is 0.412. The number of benzene rings is 2. The maximum Gasteiger partial charge on any atom is 0.229 e. The number of nitrogens with zero attached hydrogens (tertiary/aromatic N) is 2.